The van der Waals surface area contributed by atoms with E-state index in [2.05, 4.69) is 10.3 Å². The molecule has 1 aliphatic heterocycles. The van der Waals surface area contributed by atoms with Crippen molar-refractivity contribution >= 4 is 22.6 Å². The Kier molecular flexibility index (Phi) is 4.91. The van der Waals surface area contributed by atoms with Gasteiger partial charge in [0.05, 0.1) is 25.1 Å². The van der Waals surface area contributed by atoms with Crippen LogP contribution in [0.1, 0.15) is 16.9 Å². The van der Waals surface area contributed by atoms with Crippen LogP contribution in [0.3, 0.4) is 0 Å². The van der Waals surface area contributed by atoms with E-state index in [-0.39, 0.29) is 11.5 Å². The monoisotopic (exact) mass is 370 g/mol. The number of nitrogens with zero attached hydrogens (tertiary/aromatic N) is 3. The third-order valence-electron chi connectivity index (χ3n) is 5.13. The molecule has 0 aliphatic carbocycles. The van der Waals surface area contributed by atoms with Gasteiger partial charge in [0.1, 0.15) is 30.1 Å². The minimum atomic E-state index is -0.180. The number of pyridine rings is 1. The van der Waals surface area contributed by atoms with Crippen molar-refractivity contribution in [2.24, 2.45) is 7.05 Å². The molecule has 1 amide bonds. The van der Waals surface area contributed by atoms with Crippen LogP contribution in [0.2, 0.25) is 0 Å². The molecule has 4 heterocycles. The number of aromatic nitrogens is 3. The number of amides is 1. The van der Waals surface area contributed by atoms with Gasteiger partial charge in [-0.15, -0.1) is 0 Å². The summed E-state index contributed by atoms with van der Waals surface area (Å²) < 4.78 is 8.54. The molecular weight excluding hydrogens is 346 g/mol. The SMILES string of the molecule is Cn1c(C(=O)NCCC[NH+]2CCOCC2)cc2c(=O)n3ccccc3nc21. The van der Waals surface area contributed by atoms with E-state index in [1.165, 1.54) is 9.30 Å². The molecule has 0 radical (unpaired) electrons. The zero-order valence-corrected chi connectivity index (χ0v) is 15.4. The van der Waals surface area contributed by atoms with E-state index < -0.39 is 0 Å². The molecule has 1 aliphatic rings. The lowest BCUT2D eigenvalue weighted by molar-refractivity contribution is -0.908. The van der Waals surface area contributed by atoms with Crippen molar-refractivity contribution in [2.45, 2.75) is 6.42 Å². The molecule has 142 valence electrons. The van der Waals surface area contributed by atoms with Gasteiger partial charge < -0.3 is 19.5 Å². The summed E-state index contributed by atoms with van der Waals surface area (Å²) in [5.74, 6) is -0.180. The van der Waals surface area contributed by atoms with Gasteiger partial charge in [-0.1, -0.05) is 6.07 Å². The van der Waals surface area contributed by atoms with Crippen LogP contribution >= 0.6 is 0 Å². The molecule has 0 aromatic carbocycles. The number of ether oxygens (including phenoxy) is 1. The normalized spacial score (nSPS) is 15.4. The van der Waals surface area contributed by atoms with Gasteiger partial charge in [-0.3, -0.25) is 14.0 Å². The molecule has 4 rings (SSSR count). The van der Waals surface area contributed by atoms with Gasteiger partial charge in [-0.05, 0) is 18.2 Å². The van der Waals surface area contributed by atoms with Gasteiger partial charge in [-0.25, -0.2) is 4.98 Å². The largest absolute Gasteiger partial charge is 0.370 e. The van der Waals surface area contributed by atoms with Gasteiger partial charge in [0.2, 0.25) is 0 Å². The molecule has 0 spiro atoms. The predicted molar refractivity (Wildman–Crippen MR) is 101 cm³/mol. The van der Waals surface area contributed by atoms with Crippen molar-refractivity contribution in [3.8, 4) is 0 Å². The molecule has 8 heteroatoms. The summed E-state index contributed by atoms with van der Waals surface area (Å²) in [6.07, 6.45) is 2.60. The molecule has 1 fully saturated rings. The summed E-state index contributed by atoms with van der Waals surface area (Å²) in [5.41, 5.74) is 1.37. The van der Waals surface area contributed by atoms with Gasteiger partial charge in [0.25, 0.3) is 11.5 Å². The maximum Gasteiger partial charge on any atom is 0.267 e. The quantitative estimate of drug-likeness (QED) is 0.578. The summed E-state index contributed by atoms with van der Waals surface area (Å²) in [7, 11) is 1.76. The first-order chi connectivity index (χ1) is 13.1. The first kappa shape index (κ1) is 17.7. The van der Waals surface area contributed by atoms with Gasteiger partial charge in [-0.2, -0.15) is 0 Å². The van der Waals surface area contributed by atoms with Crippen LogP contribution in [0, 0.1) is 0 Å². The maximum atomic E-state index is 12.7. The predicted octanol–water partition coefficient (Wildman–Crippen LogP) is -0.779. The smallest absolute Gasteiger partial charge is 0.267 e. The van der Waals surface area contributed by atoms with Crippen molar-refractivity contribution in [1.82, 2.24) is 19.3 Å². The Morgan fingerprint density at radius 2 is 2.15 bits per heavy atom. The first-order valence-electron chi connectivity index (χ1n) is 9.31. The standard InChI is InChI=1S/C19H23N5O3/c1-22-15(18(25)20-6-4-7-23-9-11-27-12-10-23)13-14-17(22)21-16-5-2-3-8-24(16)19(14)26/h2-3,5,8,13H,4,6-7,9-12H2,1H3,(H,20,25)/p+1. The van der Waals surface area contributed by atoms with Crippen LogP contribution in [-0.4, -0.2) is 59.3 Å². The third kappa shape index (κ3) is 3.45. The van der Waals surface area contributed by atoms with Crippen molar-refractivity contribution in [3.05, 3.63) is 46.5 Å². The number of quaternary nitrogens is 1. The fourth-order valence-corrected chi connectivity index (χ4v) is 3.58. The zero-order valence-electron chi connectivity index (χ0n) is 15.4. The van der Waals surface area contributed by atoms with Gasteiger partial charge in [0, 0.05) is 26.2 Å². The van der Waals surface area contributed by atoms with E-state index in [0.717, 1.165) is 39.3 Å². The average Bonchev–Trinajstić information content (AvgIpc) is 3.03. The highest BCUT2D eigenvalue weighted by Crippen LogP contribution is 2.14. The molecule has 2 N–H and O–H groups in total. The van der Waals surface area contributed by atoms with E-state index in [1.807, 2.05) is 6.07 Å². The number of hydrogen-bond acceptors (Lipinski definition) is 4. The Labute approximate surface area is 156 Å². The molecule has 3 aromatic heterocycles. The first-order valence-corrected chi connectivity index (χ1v) is 9.31. The van der Waals surface area contributed by atoms with E-state index in [4.69, 9.17) is 4.74 Å². The van der Waals surface area contributed by atoms with Crippen LogP contribution in [0.25, 0.3) is 16.7 Å². The minimum Gasteiger partial charge on any atom is -0.370 e. The summed E-state index contributed by atoms with van der Waals surface area (Å²) in [6.45, 7) is 5.32. The Morgan fingerprint density at radius 3 is 2.96 bits per heavy atom. The Balaban J connectivity index is 1.48. The second-order valence-corrected chi connectivity index (χ2v) is 6.89. The maximum absolute atomic E-state index is 12.7. The highest BCUT2D eigenvalue weighted by molar-refractivity contribution is 5.98. The molecule has 1 saturated heterocycles. The number of morpholine rings is 1. The molecule has 0 bridgehead atoms. The van der Waals surface area contributed by atoms with E-state index in [0.29, 0.717) is 28.9 Å². The molecule has 0 atom stereocenters. The number of aryl methyl sites for hydroxylation is 1. The van der Waals surface area contributed by atoms with E-state index in [9.17, 15) is 9.59 Å². The lowest BCUT2D eigenvalue weighted by atomic mass is 10.3. The van der Waals surface area contributed by atoms with Crippen molar-refractivity contribution in [3.63, 3.8) is 0 Å². The Morgan fingerprint density at radius 1 is 1.33 bits per heavy atom. The lowest BCUT2D eigenvalue weighted by Crippen LogP contribution is -3.14. The highest BCUT2D eigenvalue weighted by atomic mass is 16.5. The van der Waals surface area contributed by atoms with Crippen LogP contribution in [0.5, 0.6) is 0 Å². The molecular formula is C19H24N5O3+. The van der Waals surface area contributed by atoms with Crippen molar-refractivity contribution in [1.29, 1.82) is 0 Å². The summed E-state index contributed by atoms with van der Waals surface area (Å²) >= 11 is 0. The third-order valence-corrected chi connectivity index (χ3v) is 5.13. The fraction of sp³-hybridized carbons (Fsp3) is 0.421. The number of fused-ring (bicyclic) bond motifs is 2. The molecule has 27 heavy (non-hydrogen) atoms. The Hall–Kier alpha value is -2.71. The average molecular weight is 370 g/mol. The summed E-state index contributed by atoms with van der Waals surface area (Å²) in [6, 6.07) is 7.03. The number of hydrogen-bond donors (Lipinski definition) is 2. The van der Waals surface area contributed by atoms with Gasteiger partial charge in [0.15, 0.2) is 0 Å². The summed E-state index contributed by atoms with van der Waals surface area (Å²) in [4.78, 5) is 31.3. The zero-order chi connectivity index (χ0) is 18.8. The second kappa shape index (κ2) is 7.50. The van der Waals surface area contributed by atoms with E-state index >= 15 is 0 Å². The summed E-state index contributed by atoms with van der Waals surface area (Å²) in [5, 5.41) is 3.41. The van der Waals surface area contributed by atoms with Gasteiger partial charge >= 0.3 is 0 Å². The van der Waals surface area contributed by atoms with Crippen LogP contribution in [0.15, 0.2) is 35.3 Å². The van der Waals surface area contributed by atoms with E-state index in [1.54, 1.807) is 36.0 Å². The highest BCUT2D eigenvalue weighted by Gasteiger charge is 2.18. The second-order valence-electron chi connectivity index (χ2n) is 6.89. The number of nitrogens with one attached hydrogen (secondary N) is 2. The molecule has 3 aromatic rings. The minimum absolute atomic E-state index is 0.166. The van der Waals surface area contributed by atoms with Crippen LogP contribution < -0.4 is 15.8 Å². The Bertz CT molecular complexity index is 1030. The van der Waals surface area contributed by atoms with Crippen LogP contribution in [-0.2, 0) is 11.8 Å². The topological polar surface area (TPSA) is 82.1 Å². The number of carbonyl (C=O) groups excluding carboxylic acids is 1. The van der Waals surface area contributed by atoms with Crippen molar-refractivity contribution in [2.75, 3.05) is 39.4 Å². The number of rotatable bonds is 5. The lowest BCUT2D eigenvalue weighted by Gasteiger charge is -2.23. The van der Waals surface area contributed by atoms with Crippen LogP contribution in [0.4, 0.5) is 0 Å². The van der Waals surface area contributed by atoms with Crippen molar-refractivity contribution < 1.29 is 14.4 Å². The molecule has 8 nitrogen and oxygen atoms in total. The fourth-order valence-electron chi connectivity index (χ4n) is 3.58. The molecule has 0 saturated carbocycles. The molecule has 0 unspecified atom stereocenters. The number of carbonyl (C=O) groups is 1.